The van der Waals surface area contributed by atoms with Gasteiger partial charge in [0.15, 0.2) is 6.10 Å². The average molecular weight is 398 g/mol. The van der Waals surface area contributed by atoms with Gasteiger partial charge in [-0.3, -0.25) is 14.9 Å². The first-order valence-electron chi connectivity index (χ1n) is 9.30. The molecule has 152 valence electrons. The van der Waals surface area contributed by atoms with Gasteiger partial charge in [0.05, 0.1) is 23.7 Å². The maximum absolute atomic E-state index is 12.5. The van der Waals surface area contributed by atoms with E-state index in [1.165, 1.54) is 25.1 Å². The van der Waals surface area contributed by atoms with Crippen LogP contribution in [0, 0.1) is 17.0 Å². The fourth-order valence-corrected chi connectivity index (χ4v) is 3.10. The number of rotatable bonds is 6. The Kier molecular flexibility index (Phi) is 6.23. The Morgan fingerprint density at radius 2 is 1.72 bits per heavy atom. The second-order valence-electron chi connectivity index (χ2n) is 6.84. The van der Waals surface area contributed by atoms with E-state index in [2.05, 4.69) is 0 Å². The lowest BCUT2D eigenvalue weighted by atomic mass is 10.1. The zero-order chi connectivity index (χ0) is 21.0. The minimum absolute atomic E-state index is 0.0252. The van der Waals surface area contributed by atoms with Gasteiger partial charge in [0.1, 0.15) is 5.69 Å². The van der Waals surface area contributed by atoms with E-state index in [1.807, 2.05) is 11.8 Å². The van der Waals surface area contributed by atoms with Crippen LogP contribution < -0.4 is 4.90 Å². The number of carbonyl (C=O) groups is 2. The van der Waals surface area contributed by atoms with E-state index in [4.69, 9.17) is 9.47 Å². The van der Waals surface area contributed by atoms with E-state index in [1.54, 1.807) is 24.3 Å². The Bertz CT molecular complexity index is 919. The van der Waals surface area contributed by atoms with Gasteiger partial charge in [-0.05, 0) is 26.0 Å². The van der Waals surface area contributed by atoms with Crippen molar-refractivity contribution in [3.05, 3.63) is 69.3 Å². The van der Waals surface area contributed by atoms with E-state index >= 15 is 0 Å². The number of morpholine rings is 1. The summed E-state index contributed by atoms with van der Waals surface area (Å²) < 4.78 is 10.5. The molecule has 0 aromatic heterocycles. The monoisotopic (exact) mass is 398 g/mol. The lowest BCUT2D eigenvalue weighted by molar-refractivity contribution is -0.384. The van der Waals surface area contributed by atoms with Gasteiger partial charge >= 0.3 is 5.97 Å². The number of nitro benzene ring substituents is 1. The molecule has 0 aliphatic carbocycles. The lowest BCUT2D eigenvalue weighted by Crippen LogP contribution is -2.36. The maximum atomic E-state index is 12.5. The molecular formula is C21H22N2O6. The number of anilines is 1. The van der Waals surface area contributed by atoms with Gasteiger partial charge < -0.3 is 14.4 Å². The minimum atomic E-state index is -1.01. The average Bonchev–Trinajstić information content (AvgIpc) is 2.73. The summed E-state index contributed by atoms with van der Waals surface area (Å²) in [6.45, 7) is 5.43. The van der Waals surface area contributed by atoms with Crippen LogP contribution in [0.4, 0.5) is 11.4 Å². The molecule has 0 amide bonds. The van der Waals surface area contributed by atoms with Gasteiger partial charge in [0, 0.05) is 24.7 Å². The molecule has 2 aromatic carbocycles. The number of aryl methyl sites for hydroxylation is 1. The fraction of sp³-hybridized carbons (Fsp3) is 0.333. The summed E-state index contributed by atoms with van der Waals surface area (Å²) in [7, 11) is 0. The van der Waals surface area contributed by atoms with E-state index < -0.39 is 17.0 Å². The first kappa shape index (κ1) is 20.5. The number of Topliss-reactive ketones (excluding diaryl/α,β-unsaturated/α-hetero) is 1. The van der Waals surface area contributed by atoms with Crippen molar-refractivity contribution in [2.45, 2.75) is 20.0 Å². The zero-order valence-corrected chi connectivity index (χ0v) is 16.3. The molecule has 2 aromatic rings. The number of nitrogens with zero attached hydrogens (tertiary/aromatic N) is 2. The number of hydrogen-bond acceptors (Lipinski definition) is 7. The van der Waals surface area contributed by atoms with Gasteiger partial charge in [-0.2, -0.15) is 0 Å². The van der Waals surface area contributed by atoms with Crippen molar-refractivity contribution in [2.24, 2.45) is 0 Å². The number of ether oxygens (including phenoxy) is 2. The fourth-order valence-electron chi connectivity index (χ4n) is 3.10. The van der Waals surface area contributed by atoms with Crippen LogP contribution in [0.15, 0.2) is 42.5 Å². The van der Waals surface area contributed by atoms with Crippen LogP contribution in [0.25, 0.3) is 0 Å². The molecule has 0 saturated carbocycles. The van der Waals surface area contributed by atoms with Crippen molar-refractivity contribution in [3.8, 4) is 0 Å². The Morgan fingerprint density at radius 3 is 2.34 bits per heavy atom. The van der Waals surface area contributed by atoms with Gasteiger partial charge in [-0.25, -0.2) is 4.79 Å². The summed E-state index contributed by atoms with van der Waals surface area (Å²) in [5, 5.41) is 11.5. The van der Waals surface area contributed by atoms with E-state index in [0.717, 1.165) is 5.56 Å². The first-order valence-corrected chi connectivity index (χ1v) is 9.30. The molecule has 1 aliphatic rings. The predicted molar refractivity (Wildman–Crippen MR) is 107 cm³/mol. The van der Waals surface area contributed by atoms with Gasteiger partial charge in [-0.15, -0.1) is 0 Å². The molecule has 0 spiro atoms. The molecule has 0 N–H and O–H groups in total. The lowest BCUT2D eigenvalue weighted by Gasteiger charge is -2.28. The highest BCUT2D eigenvalue weighted by Gasteiger charge is 2.25. The van der Waals surface area contributed by atoms with Crippen LogP contribution in [-0.2, 0) is 9.47 Å². The summed E-state index contributed by atoms with van der Waals surface area (Å²) in [6, 6.07) is 11.1. The third-order valence-corrected chi connectivity index (χ3v) is 4.75. The molecular weight excluding hydrogens is 376 g/mol. The third-order valence-electron chi connectivity index (χ3n) is 4.75. The Labute approximate surface area is 168 Å². The van der Waals surface area contributed by atoms with E-state index in [0.29, 0.717) is 37.6 Å². The highest BCUT2D eigenvalue weighted by molar-refractivity contribution is 6.01. The van der Waals surface area contributed by atoms with Crippen LogP contribution in [0.1, 0.15) is 33.2 Å². The van der Waals surface area contributed by atoms with E-state index in [9.17, 15) is 19.7 Å². The van der Waals surface area contributed by atoms with Crippen molar-refractivity contribution >= 4 is 23.1 Å². The minimum Gasteiger partial charge on any atom is -0.451 e. The molecule has 3 rings (SSSR count). The zero-order valence-electron chi connectivity index (χ0n) is 16.3. The molecule has 0 bridgehead atoms. The number of benzene rings is 2. The maximum Gasteiger partial charge on any atom is 0.339 e. The van der Waals surface area contributed by atoms with Crippen molar-refractivity contribution in [2.75, 3.05) is 31.2 Å². The molecule has 1 heterocycles. The predicted octanol–water partition coefficient (Wildman–Crippen LogP) is 3.17. The van der Waals surface area contributed by atoms with Gasteiger partial charge in [-0.1, -0.05) is 29.8 Å². The second kappa shape index (κ2) is 8.83. The standard InChI is InChI=1S/C21H22N2O6/c1-14-3-5-16(6-4-14)20(24)15(2)29-21(25)17-7-8-18(19(13-17)23(26)27)22-9-11-28-12-10-22/h3-8,13,15H,9-12H2,1-2H3/t15-/m0/s1. The van der Waals surface area contributed by atoms with Crippen molar-refractivity contribution in [3.63, 3.8) is 0 Å². The smallest absolute Gasteiger partial charge is 0.339 e. The quantitative estimate of drug-likeness (QED) is 0.319. The molecule has 1 atom stereocenters. The summed E-state index contributed by atoms with van der Waals surface area (Å²) in [4.78, 5) is 37.8. The first-order chi connectivity index (χ1) is 13.9. The number of hydrogen-bond donors (Lipinski definition) is 0. The summed E-state index contributed by atoms with van der Waals surface area (Å²) >= 11 is 0. The summed E-state index contributed by atoms with van der Waals surface area (Å²) in [5.74, 6) is -1.12. The van der Waals surface area contributed by atoms with Crippen LogP contribution in [0.5, 0.6) is 0 Å². The molecule has 0 radical (unpaired) electrons. The highest BCUT2D eigenvalue weighted by Crippen LogP contribution is 2.30. The van der Waals surface area contributed by atoms with Crippen molar-refractivity contribution < 1.29 is 24.0 Å². The van der Waals surface area contributed by atoms with Crippen LogP contribution in [0.3, 0.4) is 0 Å². The Morgan fingerprint density at radius 1 is 1.10 bits per heavy atom. The molecule has 0 unspecified atom stereocenters. The van der Waals surface area contributed by atoms with Gasteiger partial charge in [0.25, 0.3) is 5.69 Å². The topological polar surface area (TPSA) is 99.0 Å². The number of ketones is 1. The largest absolute Gasteiger partial charge is 0.451 e. The molecule has 29 heavy (non-hydrogen) atoms. The molecule has 8 nitrogen and oxygen atoms in total. The van der Waals surface area contributed by atoms with Gasteiger partial charge in [0.2, 0.25) is 5.78 Å². The third kappa shape index (κ3) is 4.78. The normalized spacial score (nSPS) is 14.9. The highest BCUT2D eigenvalue weighted by atomic mass is 16.6. The molecule has 1 aliphatic heterocycles. The van der Waals surface area contributed by atoms with Crippen molar-refractivity contribution in [1.82, 2.24) is 0 Å². The Balaban J connectivity index is 1.76. The molecule has 1 fully saturated rings. The SMILES string of the molecule is Cc1ccc(C(=O)[C@H](C)OC(=O)c2ccc(N3CCOCC3)c([N+](=O)[O-])c2)cc1. The van der Waals surface area contributed by atoms with Crippen LogP contribution >= 0.6 is 0 Å². The number of carbonyl (C=O) groups excluding carboxylic acids is 2. The molecule has 8 heteroatoms. The summed E-state index contributed by atoms with van der Waals surface area (Å²) in [6.07, 6.45) is -1.01. The van der Waals surface area contributed by atoms with Crippen molar-refractivity contribution in [1.29, 1.82) is 0 Å². The summed E-state index contributed by atoms with van der Waals surface area (Å²) in [5.41, 5.74) is 1.72. The molecule has 1 saturated heterocycles. The second-order valence-corrected chi connectivity index (χ2v) is 6.84. The Hall–Kier alpha value is -3.26. The van der Waals surface area contributed by atoms with Crippen LogP contribution in [-0.4, -0.2) is 49.1 Å². The van der Waals surface area contributed by atoms with E-state index in [-0.39, 0.29) is 17.0 Å². The number of esters is 1. The van der Waals surface area contributed by atoms with Crippen LogP contribution in [0.2, 0.25) is 0 Å². The number of nitro groups is 1.